The van der Waals surface area contributed by atoms with E-state index in [0.717, 1.165) is 12.8 Å². The molecule has 2 aliphatic carbocycles. The first-order chi connectivity index (χ1) is 16.7. The molecular formula is C30H29Cl2GeZr. The molecule has 0 fully saturated rings. The van der Waals surface area contributed by atoms with E-state index in [1.807, 2.05) is 12.1 Å². The third-order valence-electron chi connectivity index (χ3n) is 5.81. The fourth-order valence-corrected chi connectivity index (χ4v) is 5.50. The van der Waals surface area contributed by atoms with Crippen molar-refractivity contribution in [1.82, 2.24) is 0 Å². The number of halogens is 2. The van der Waals surface area contributed by atoms with Crippen LogP contribution in [0.1, 0.15) is 36.1 Å². The van der Waals surface area contributed by atoms with Crippen molar-refractivity contribution in [2.24, 2.45) is 0 Å². The second kappa shape index (κ2) is 15.1. The van der Waals surface area contributed by atoms with Crippen LogP contribution in [0.5, 0.6) is 0 Å². The van der Waals surface area contributed by atoms with Gasteiger partial charge in [-0.25, -0.2) is 0 Å². The summed E-state index contributed by atoms with van der Waals surface area (Å²) < 4.78 is 0. The zero-order valence-corrected chi connectivity index (χ0v) is 26.1. The molecule has 0 aliphatic heterocycles. The minimum absolute atomic E-state index is 0.312. The Balaban J connectivity index is 0.000000147. The van der Waals surface area contributed by atoms with Gasteiger partial charge in [-0.3, -0.25) is 0 Å². The maximum atomic E-state index is 4.93. The zero-order chi connectivity index (χ0) is 24.2. The zero-order valence-electron chi connectivity index (χ0n) is 19.7. The van der Waals surface area contributed by atoms with Crippen molar-refractivity contribution >= 4 is 32.5 Å². The van der Waals surface area contributed by atoms with Crippen LogP contribution in [0.3, 0.4) is 0 Å². The summed E-state index contributed by atoms with van der Waals surface area (Å²) in [6, 6.07) is 36.2. The van der Waals surface area contributed by atoms with Gasteiger partial charge in [0, 0.05) is 0 Å². The van der Waals surface area contributed by atoms with E-state index in [0.29, 0.717) is 15.4 Å². The molecule has 0 spiro atoms. The van der Waals surface area contributed by atoms with Gasteiger partial charge in [0.05, 0.1) is 0 Å². The smallest absolute Gasteiger partial charge is 0.0253 e. The molecule has 0 N–H and O–H groups in total. The first-order valence-corrected chi connectivity index (χ1v) is 21.4. The van der Waals surface area contributed by atoms with Crippen LogP contribution in [-0.2, 0) is 33.7 Å². The van der Waals surface area contributed by atoms with Gasteiger partial charge >= 0.3 is 77.7 Å². The average Bonchev–Trinajstić information content (AvgIpc) is 3.44. The molecule has 0 heterocycles. The van der Waals surface area contributed by atoms with E-state index in [-0.39, 0.29) is 0 Å². The number of fused-ring (bicyclic) bond motifs is 6. The van der Waals surface area contributed by atoms with Gasteiger partial charge in [0.2, 0.25) is 0 Å². The Labute approximate surface area is 230 Å². The van der Waals surface area contributed by atoms with Crippen LogP contribution in [0.2, 0.25) is 10.5 Å². The molecule has 2 aliphatic rings. The number of rotatable bonds is 2. The standard InChI is InChI=1S/2C13H9.C4H11Ge.2ClH.Zr/c2*1-3-7-12-10(5-1)9-11-6-2-4-8-13(11)12;1-3-5-4-2;;;/h2*1-5,7-8H,9H2;5H,3-4H2,1-2H3;2*1H;/q2*-1;;;;+4/p-2. The minimum atomic E-state index is -0.826. The van der Waals surface area contributed by atoms with Gasteiger partial charge in [-0.05, 0) is 12.8 Å². The average molecular weight is 624 g/mol. The van der Waals surface area contributed by atoms with E-state index in [9.17, 15) is 0 Å². The third-order valence-corrected chi connectivity index (χ3v) is 8.23. The molecule has 0 saturated carbocycles. The van der Waals surface area contributed by atoms with Crippen molar-refractivity contribution in [3.63, 3.8) is 0 Å². The van der Waals surface area contributed by atoms with Crippen molar-refractivity contribution in [2.75, 3.05) is 0 Å². The summed E-state index contributed by atoms with van der Waals surface area (Å²) in [6.07, 6.45) is 2.10. The summed E-state index contributed by atoms with van der Waals surface area (Å²) in [5, 5.41) is 3.00. The molecule has 0 bridgehead atoms. The maximum Gasteiger partial charge on any atom is -0.0253 e. The summed E-state index contributed by atoms with van der Waals surface area (Å²) in [5.74, 6) is 0. The third kappa shape index (κ3) is 7.44. The largest absolute Gasteiger partial charge is 0.179 e. The van der Waals surface area contributed by atoms with Crippen LogP contribution in [0.25, 0.3) is 22.3 Å². The van der Waals surface area contributed by atoms with Gasteiger partial charge in [0.15, 0.2) is 0 Å². The second-order valence-corrected chi connectivity index (χ2v) is 16.3. The molecule has 0 saturated heterocycles. The Bertz CT molecular complexity index is 998. The van der Waals surface area contributed by atoms with E-state index in [2.05, 4.69) is 98.8 Å². The molecule has 171 valence electrons. The number of benzene rings is 4. The number of hydrogen-bond donors (Lipinski definition) is 0. The van der Waals surface area contributed by atoms with Gasteiger partial charge in [0.1, 0.15) is 0 Å². The predicted octanol–water partition coefficient (Wildman–Crippen LogP) is 8.79. The minimum Gasteiger partial charge on any atom is -0.179 e. The van der Waals surface area contributed by atoms with Crippen LogP contribution in [0, 0.1) is 12.1 Å². The fourth-order valence-electron chi connectivity index (χ4n) is 4.28. The Kier molecular flexibility index (Phi) is 12.2. The van der Waals surface area contributed by atoms with Crippen molar-refractivity contribution < 1.29 is 20.8 Å². The topological polar surface area (TPSA) is 0 Å². The van der Waals surface area contributed by atoms with E-state index in [1.165, 1.54) is 55.0 Å². The summed E-state index contributed by atoms with van der Waals surface area (Å²) in [5.41, 5.74) is 11.0. The van der Waals surface area contributed by atoms with Gasteiger partial charge in [0.25, 0.3) is 0 Å². The quantitative estimate of drug-likeness (QED) is 0.134. The molecule has 4 aromatic carbocycles. The molecular weight excluding hydrogens is 595 g/mol. The Morgan fingerprint density at radius 2 is 1.03 bits per heavy atom. The van der Waals surface area contributed by atoms with Crippen molar-refractivity contribution in [3.8, 4) is 22.3 Å². The monoisotopic (exact) mass is 623 g/mol. The summed E-state index contributed by atoms with van der Waals surface area (Å²) in [4.78, 5) is 0. The van der Waals surface area contributed by atoms with Gasteiger partial charge in [-0.2, -0.15) is 59.7 Å². The molecule has 1 radical (unpaired) electrons. The first-order valence-electron chi connectivity index (χ1n) is 11.7. The van der Waals surface area contributed by atoms with E-state index >= 15 is 0 Å². The first kappa shape index (κ1) is 27.5. The molecule has 0 atom stereocenters. The Morgan fingerprint density at radius 3 is 1.41 bits per heavy atom. The molecule has 4 aromatic rings. The van der Waals surface area contributed by atoms with Gasteiger partial charge < -0.3 is 0 Å². The maximum absolute atomic E-state index is 4.93. The van der Waals surface area contributed by atoms with Crippen LogP contribution in [-0.4, -0.2) is 15.4 Å². The van der Waals surface area contributed by atoms with E-state index < -0.39 is 20.8 Å². The van der Waals surface area contributed by atoms with Crippen LogP contribution < -0.4 is 0 Å². The van der Waals surface area contributed by atoms with Crippen molar-refractivity contribution in [1.29, 1.82) is 0 Å². The summed E-state index contributed by atoms with van der Waals surface area (Å²) in [6.45, 7) is 4.56. The van der Waals surface area contributed by atoms with Crippen LogP contribution >= 0.6 is 17.0 Å². The SMILES string of the molecule is C[CH2][GeH][CH2]C.[Cl][Zr+2][Cl].[c-]1cccc2c1Cc1ccccc1-2.[c-]1cccc2c1Cc1ccccc1-2. The molecule has 0 unspecified atom stereocenters. The molecule has 6 rings (SSSR count). The van der Waals surface area contributed by atoms with E-state index in [4.69, 9.17) is 17.0 Å². The fraction of sp³-hybridized carbons (Fsp3) is 0.200. The van der Waals surface area contributed by atoms with Crippen molar-refractivity contribution in [3.05, 3.63) is 119 Å². The molecule has 0 nitrogen and oxygen atoms in total. The van der Waals surface area contributed by atoms with Crippen LogP contribution in [0.15, 0.2) is 84.9 Å². The van der Waals surface area contributed by atoms with Gasteiger partial charge in [-0.1, -0.05) is 70.8 Å². The van der Waals surface area contributed by atoms with Crippen LogP contribution in [0.4, 0.5) is 0 Å². The van der Waals surface area contributed by atoms with Gasteiger partial charge in [-0.15, -0.1) is 11.1 Å². The van der Waals surface area contributed by atoms with Crippen molar-refractivity contribution in [2.45, 2.75) is 37.2 Å². The Hall–Kier alpha value is -1.11. The summed E-state index contributed by atoms with van der Waals surface area (Å²) >= 11 is -0.513. The predicted molar refractivity (Wildman–Crippen MR) is 147 cm³/mol. The molecule has 0 amide bonds. The normalized spacial score (nSPS) is 10.9. The summed E-state index contributed by atoms with van der Waals surface area (Å²) in [7, 11) is 9.87. The Morgan fingerprint density at radius 1 is 0.647 bits per heavy atom. The van der Waals surface area contributed by atoms with E-state index in [1.54, 1.807) is 0 Å². The molecule has 34 heavy (non-hydrogen) atoms. The number of hydrogen-bond acceptors (Lipinski definition) is 0. The molecule has 4 heteroatoms. The molecule has 0 aromatic heterocycles. The second-order valence-electron chi connectivity index (χ2n) is 7.97.